The lowest BCUT2D eigenvalue weighted by Crippen LogP contribution is -2.10. The molecule has 15 heavy (non-hydrogen) atoms. The molecule has 0 aliphatic carbocycles. The second-order valence-corrected chi connectivity index (χ2v) is 3.00. The molecule has 7 heteroatoms. The summed E-state index contributed by atoms with van der Waals surface area (Å²) < 4.78 is 51.8. The van der Waals surface area contributed by atoms with Crippen molar-refractivity contribution in [3.63, 3.8) is 0 Å². The lowest BCUT2D eigenvalue weighted by Gasteiger charge is -2.08. The topological polar surface area (TPSA) is 29.1 Å². The van der Waals surface area contributed by atoms with Gasteiger partial charge in [-0.15, -0.1) is 0 Å². The molecule has 1 amide bonds. The first-order valence-corrected chi connectivity index (χ1v) is 4.03. The molecule has 0 atom stereocenters. The fraction of sp³-hybridized carbons (Fsp3) is 0.125. The largest absolute Gasteiger partial charge is 0.318 e. The Morgan fingerprint density at radius 1 is 1.07 bits per heavy atom. The van der Waals surface area contributed by atoms with Gasteiger partial charge in [0.1, 0.15) is 5.69 Å². The molecular formula is C8H4ClF4NO. The highest BCUT2D eigenvalue weighted by atomic mass is 35.5. The summed E-state index contributed by atoms with van der Waals surface area (Å²) in [5, 5.41) is 0.0953. The van der Waals surface area contributed by atoms with Crippen LogP contribution in [0.15, 0.2) is 0 Å². The first kappa shape index (κ1) is 11.8. The van der Waals surface area contributed by atoms with Crippen molar-refractivity contribution >= 4 is 22.7 Å². The molecule has 1 N–H and O–H groups in total. The summed E-state index contributed by atoms with van der Waals surface area (Å²) in [6.45, 7) is 0.864. The van der Waals surface area contributed by atoms with E-state index in [0.29, 0.717) is 0 Å². The maximum absolute atomic E-state index is 13.0. The van der Waals surface area contributed by atoms with Gasteiger partial charge in [0.05, 0.1) is 0 Å². The molecule has 0 unspecified atom stereocenters. The van der Waals surface area contributed by atoms with Gasteiger partial charge in [-0.2, -0.15) is 0 Å². The molecule has 1 aromatic rings. The Morgan fingerprint density at radius 2 is 1.47 bits per heavy atom. The standard InChI is InChI=1S/C8H4ClF4NO/c1-2-3(10)5(12)7(14-8(9)15)6(13)4(2)11/h1H3,(H,14,15). The van der Waals surface area contributed by atoms with E-state index < -0.39 is 39.9 Å². The zero-order valence-electron chi connectivity index (χ0n) is 7.30. The molecule has 0 spiro atoms. The van der Waals surface area contributed by atoms with Gasteiger partial charge < -0.3 is 5.32 Å². The first-order chi connectivity index (χ1) is 6.86. The maximum Gasteiger partial charge on any atom is 0.318 e. The Kier molecular flexibility index (Phi) is 3.18. The minimum Gasteiger partial charge on any atom is -0.307 e. The van der Waals surface area contributed by atoms with Crippen molar-refractivity contribution in [1.82, 2.24) is 0 Å². The Labute approximate surface area is 86.8 Å². The van der Waals surface area contributed by atoms with Gasteiger partial charge in [-0.05, 0) is 18.5 Å². The molecule has 1 aromatic carbocycles. The van der Waals surface area contributed by atoms with Gasteiger partial charge in [0.2, 0.25) is 0 Å². The third-order valence-corrected chi connectivity index (χ3v) is 1.80. The Bertz CT molecular complexity index is 406. The smallest absolute Gasteiger partial charge is 0.307 e. The van der Waals surface area contributed by atoms with Crippen molar-refractivity contribution in [3.05, 3.63) is 28.8 Å². The minimum atomic E-state index is -1.69. The van der Waals surface area contributed by atoms with E-state index in [1.807, 2.05) is 0 Å². The molecule has 1 rings (SSSR count). The van der Waals surface area contributed by atoms with Crippen LogP contribution >= 0.6 is 11.6 Å². The molecule has 0 bridgehead atoms. The van der Waals surface area contributed by atoms with E-state index in [4.69, 9.17) is 11.6 Å². The van der Waals surface area contributed by atoms with Gasteiger partial charge in [0.15, 0.2) is 23.3 Å². The van der Waals surface area contributed by atoms with Crippen LogP contribution in [-0.2, 0) is 0 Å². The van der Waals surface area contributed by atoms with Gasteiger partial charge in [0, 0.05) is 5.56 Å². The molecule has 0 fully saturated rings. The van der Waals surface area contributed by atoms with Crippen molar-refractivity contribution in [2.45, 2.75) is 6.92 Å². The van der Waals surface area contributed by atoms with E-state index in [2.05, 4.69) is 0 Å². The number of amides is 1. The van der Waals surface area contributed by atoms with Gasteiger partial charge in [-0.3, -0.25) is 4.79 Å². The van der Waals surface area contributed by atoms with Crippen LogP contribution in [0.5, 0.6) is 0 Å². The average Bonchev–Trinajstić information content (AvgIpc) is 2.18. The highest BCUT2D eigenvalue weighted by Gasteiger charge is 2.23. The SMILES string of the molecule is Cc1c(F)c(F)c(NC(=O)Cl)c(F)c1F. The number of benzene rings is 1. The molecule has 0 aliphatic rings. The third kappa shape index (κ3) is 2.04. The molecule has 0 saturated heterocycles. The number of rotatable bonds is 1. The zero-order valence-corrected chi connectivity index (χ0v) is 8.05. The lowest BCUT2D eigenvalue weighted by atomic mass is 10.1. The van der Waals surface area contributed by atoms with Crippen molar-refractivity contribution in [1.29, 1.82) is 0 Å². The summed E-state index contributed by atoms with van der Waals surface area (Å²) in [6, 6.07) is 0. The monoisotopic (exact) mass is 241 g/mol. The summed E-state index contributed by atoms with van der Waals surface area (Å²) in [4.78, 5) is 10.3. The zero-order chi connectivity index (χ0) is 11.7. The summed E-state index contributed by atoms with van der Waals surface area (Å²) in [5.41, 5.74) is -2.05. The molecule has 82 valence electrons. The molecule has 0 aliphatic heterocycles. The van der Waals surface area contributed by atoms with Crippen LogP contribution in [0.2, 0.25) is 0 Å². The van der Waals surface area contributed by atoms with E-state index in [9.17, 15) is 22.4 Å². The molecule has 0 saturated carbocycles. The second kappa shape index (κ2) is 4.06. The van der Waals surface area contributed by atoms with E-state index in [-0.39, 0.29) is 0 Å². The highest BCUT2D eigenvalue weighted by Crippen LogP contribution is 2.27. The maximum atomic E-state index is 13.0. The van der Waals surface area contributed by atoms with Gasteiger partial charge >= 0.3 is 5.37 Å². The predicted octanol–water partition coefficient (Wildman–Crippen LogP) is 3.32. The minimum absolute atomic E-state index is 0.808. The number of carbonyl (C=O) groups is 1. The van der Waals surface area contributed by atoms with Crippen molar-refractivity contribution in [2.75, 3.05) is 5.32 Å². The first-order valence-electron chi connectivity index (χ1n) is 3.65. The van der Waals surface area contributed by atoms with Crippen LogP contribution < -0.4 is 5.32 Å². The molecule has 2 nitrogen and oxygen atoms in total. The fourth-order valence-electron chi connectivity index (χ4n) is 0.949. The third-order valence-electron chi connectivity index (χ3n) is 1.71. The van der Waals surface area contributed by atoms with Crippen LogP contribution in [0.1, 0.15) is 5.56 Å². The number of nitrogens with one attached hydrogen (secondary N) is 1. The van der Waals surface area contributed by atoms with Gasteiger partial charge in [-0.25, -0.2) is 17.6 Å². The second-order valence-electron chi connectivity index (χ2n) is 2.65. The Morgan fingerprint density at radius 3 is 1.80 bits per heavy atom. The molecule has 0 radical (unpaired) electrons. The van der Waals surface area contributed by atoms with Crippen LogP contribution in [0.3, 0.4) is 0 Å². The van der Waals surface area contributed by atoms with Crippen molar-refractivity contribution < 1.29 is 22.4 Å². The van der Waals surface area contributed by atoms with Crippen LogP contribution in [0, 0.1) is 30.2 Å². The van der Waals surface area contributed by atoms with E-state index in [1.165, 1.54) is 5.32 Å². The average molecular weight is 242 g/mol. The van der Waals surface area contributed by atoms with Crippen LogP contribution in [0.4, 0.5) is 28.0 Å². The lowest BCUT2D eigenvalue weighted by molar-refractivity contribution is 0.268. The van der Waals surface area contributed by atoms with Crippen molar-refractivity contribution in [3.8, 4) is 0 Å². The number of halogens is 5. The molecule has 0 heterocycles. The number of hydrogen-bond donors (Lipinski definition) is 1. The highest BCUT2D eigenvalue weighted by molar-refractivity contribution is 6.65. The number of hydrogen-bond acceptors (Lipinski definition) is 1. The predicted molar refractivity (Wildman–Crippen MR) is 45.9 cm³/mol. The molecule has 0 aromatic heterocycles. The van der Waals surface area contributed by atoms with Crippen LogP contribution in [0.25, 0.3) is 0 Å². The summed E-state index contributed by atoms with van der Waals surface area (Å²) in [6.07, 6.45) is 0. The number of anilines is 1. The van der Waals surface area contributed by atoms with E-state index in [1.54, 1.807) is 0 Å². The number of carbonyl (C=O) groups excluding carboxylic acids is 1. The Balaban J connectivity index is 3.45. The van der Waals surface area contributed by atoms with E-state index >= 15 is 0 Å². The normalized spacial score (nSPS) is 10.3. The summed E-state index contributed by atoms with van der Waals surface area (Å²) >= 11 is 4.77. The van der Waals surface area contributed by atoms with E-state index in [0.717, 1.165) is 6.92 Å². The molecular weight excluding hydrogens is 238 g/mol. The Hall–Kier alpha value is -1.30. The fourth-order valence-corrected chi connectivity index (χ4v) is 1.04. The van der Waals surface area contributed by atoms with Gasteiger partial charge in [0.25, 0.3) is 0 Å². The van der Waals surface area contributed by atoms with Gasteiger partial charge in [-0.1, -0.05) is 0 Å². The quantitative estimate of drug-likeness (QED) is 0.347. The summed E-state index contributed by atoms with van der Waals surface area (Å²) in [5.74, 6) is -6.54. The van der Waals surface area contributed by atoms with Crippen LogP contribution in [-0.4, -0.2) is 5.37 Å². The van der Waals surface area contributed by atoms with Crippen molar-refractivity contribution in [2.24, 2.45) is 0 Å². The summed E-state index contributed by atoms with van der Waals surface area (Å²) in [7, 11) is 0.